The molecule has 10 nitrogen and oxygen atoms in total. The van der Waals surface area contributed by atoms with Crippen LogP contribution in [0.3, 0.4) is 0 Å². The predicted molar refractivity (Wildman–Crippen MR) is 152 cm³/mol. The maximum atomic E-state index is 13.3. The highest BCUT2D eigenvalue weighted by atomic mass is 16.3. The second-order valence-electron chi connectivity index (χ2n) is 10.9. The summed E-state index contributed by atoms with van der Waals surface area (Å²) in [5, 5.41) is 32.8. The SMILES string of the molecule is CC(C)c1cc(-c2nnc(C(=O)NCCN3CCCC3)n2-c2ccc(N3CCN(C)CC3)cc2)c(O)cc1O. The molecule has 1 amide bonds. The normalized spacial score (nSPS) is 16.8. The zero-order valence-corrected chi connectivity index (χ0v) is 23.1. The van der Waals surface area contributed by atoms with Crippen molar-refractivity contribution in [1.29, 1.82) is 0 Å². The van der Waals surface area contributed by atoms with Crippen molar-refractivity contribution >= 4 is 11.6 Å². The number of phenolic OH excluding ortho intramolecular Hbond substituents is 2. The number of rotatable bonds is 8. The average Bonchev–Trinajstić information content (AvgIpc) is 3.60. The number of phenols is 2. The first-order valence-corrected chi connectivity index (χ1v) is 13.9. The summed E-state index contributed by atoms with van der Waals surface area (Å²) in [6.07, 6.45) is 2.40. The van der Waals surface area contributed by atoms with Crippen LogP contribution in [-0.2, 0) is 0 Å². The van der Waals surface area contributed by atoms with Crippen LogP contribution in [0.2, 0.25) is 0 Å². The van der Waals surface area contributed by atoms with Gasteiger partial charge in [-0.15, -0.1) is 10.2 Å². The Hall–Kier alpha value is -3.63. The molecule has 208 valence electrons. The van der Waals surface area contributed by atoms with Crippen molar-refractivity contribution in [3.05, 3.63) is 47.8 Å². The smallest absolute Gasteiger partial charge is 0.289 e. The minimum atomic E-state index is -0.321. The summed E-state index contributed by atoms with van der Waals surface area (Å²) in [4.78, 5) is 20.4. The van der Waals surface area contributed by atoms with E-state index in [1.165, 1.54) is 18.9 Å². The quantitative estimate of drug-likeness (QED) is 0.405. The highest BCUT2D eigenvalue weighted by Gasteiger charge is 2.25. The molecule has 0 unspecified atom stereocenters. The molecule has 3 heterocycles. The number of aromatic hydroxyl groups is 2. The molecule has 3 aromatic rings. The van der Waals surface area contributed by atoms with E-state index < -0.39 is 0 Å². The van der Waals surface area contributed by atoms with Crippen LogP contribution in [0.5, 0.6) is 11.5 Å². The lowest BCUT2D eigenvalue weighted by Crippen LogP contribution is -2.44. The summed E-state index contributed by atoms with van der Waals surface area (Å²) in [6, 6.07) is 11.1. The lowest BCUT2D eigenvalue weighted by molar-refractivity contribution is 0.0937. The Morgan fingerprint density at radius 2 is 1.59 bits per heavy atom. The molecular weight excluding hydrogens is 494 g/mol. The maximum Gasteiger partial charge on any atom is 0.289 e. The molecule has 0 atom stereocenters. The van der Waals surface area contributed by atoms with Crippen LogP contribution in [0.15, 0.2) is 36.4 Å². The monoisotopic (exact) mass is 533 g/mol. The summed E-state index contributed by atoms with van der Waals surface area (Å²) < 4.78 is 1.69. The Morgan fingerprint density at radius 3 is 2.26 bits per heavy atom. The average molecular weight is 534 g/mol. The largest absolute Gasteiger partial charge is 0.508 e. The van der Waals surface area contributed by atoms with Gasteiger partial charge in [-0.3, -0.25) is 9.36 Å². The molecule has 5 rings (SSSR count). The van der Waals surface area contributed by atoms with E-state index in [-0.39, 0.29) is 29.1 Å². The topological polar surface area (TPSA) is 110 Å². The molecule has 39 heavy (non-hydrogen) atoms. The van der Waals surface area contributed by atoms with E-state index in [2.05, 4.69) is 49.4 Å². The van der Waals surface area contributed by atoms with E-state index >= 15 is 0 Å². The van der Waals surface area contributed by atoms with Crippen LogP contribution in [0.25, 0.3) is 17.1 Å². The summed E-state index contributed by atoms with van der Waals surface area (Å²) >= 11 is 0. The Bertz CT molecular complexity index is 1290. The number of amides is 1. The summed E-state index contributed by atoms with van der Waals surface area (Å²) in [6.45, 7) is 11.3. The Kier molecular flexibility index (Phi) is 8.04. The highest BCUT2D eigenvalue weighted by Crippen LogP contribution is 2.38. The second-order valence-corrected chi connectivity index (χ2v) is 10.9. The van der Waals surface area contributed by atoms with Gasteiger partial charge in [-0.1, -0.05) is 13.8 Å². The third-order valence-electron chi connectivity index (χ3n) is 7.76. The molecule has 0 saturated carbocycles. The molecule has 2 saturated heterocycles. The number of carbonyl (C=O) groups excluding carboxylic acids is 1. The molecule has 0 aliphatic carbocycles. The van der Waals surface area contributed by atoms with Crippen molar-refractivity contribution in [2.75, 3.05) is 64.3 Å². The lowest BCUT2D eigenvalue weighted by Gasteiger charge is -2.34. The van der Waals surface area contributed by atoms with Crippen LogP contribution in [0, 0.1) is 0 Å². The van der Waals surface area contributed by atoms with Crippen LogP contribution in [0.1, 0.15) is 48.8 Å². The first-order valence-electron chi connectivity index (χ1n) is 13.9. The number of carbonyl (C=O) groups is 1. The van der Waals surface area contributed by atoms with E-state index in [9.17, 15) is 15.0 Å². The second kappa shape index (κ2) is 11.6. The molecule has 10 heteroatoms. The number of anilines is 1. The van der Waals surface area contributed by atoms with Gasteiger partial charge in [0.25, 0.3) is 5.91 Å². The van der Waals surface area contributed by atoms with Gasteiger partial charge in [0.2, 0.25) is 5.82 Å². The molecule has 0 radical (unpaired) electrons. The highest BCUT2D eigenvalue weighted by molar-refractivity contribution is 5.92. The fourth-order valence-electron chi connectivity index (χ4n) is 5.38. The standard InChI is InChI=1S/C29H39N7O3/c1-20(2)23-18-24(26(38)19-25(23)37)27-31-32-28(29(39)30-10-13-34-11-4-5-12-34)36(27)22-8-6-21(7-9-22)35-16-14-33(3)15-17-35/h6-9,18-20,37-38H,4-5,10-17H2,1-3H3,(H,30,39). The van der Waals surface area contributed by atoms with Crippen molar-refractivity contribution in [1.82, 2.24) is 29.9 Å². The van der Waals surface area contributed by atoms with Crippen molar-refractivity contribution in [2.24, 2.45) is 0 Å². The minimum Gasteiger partial charge on any atom is -0.508 e. The van der Waals surface area contributed by atoms with E-state index in [0.29, 0.717) is 23.5 Å². The van der Waals surface area contributed by atoms with Crippen molar-refractivity contribution < 1.29 is 15.0 Å². The van der Waals surface area contributed by atoms with Crippen molar-refractivity contribution in [2.45, 2.75) is 32.6 Å². The van der Waals surface area contributed by atoms with Crippen LogP contribution < -0.4 is 10.2 Å². The van der Waals surface area contributed by atoms with E-state index in [0.717, 1.165) is 57.2 Å². The van der Waals surface area contributed by atoms with E-state index in [4.69, 9.17) is 0 Å². The van der Waals surface area contributed by atoms with Crippen LogP contribution >= 0.6 is 0 Å². The summed E-state index contributed by atoms with van der Waals surface area (Å²) in [5.41, 5.74) is 2.92. The fraction of sp³-hybridized carbons (Fsp3) is 0.483. The first-order chi connectivity index (χ1) is 18.8. The number of nitrogens with zero attached hydrogens (tertiary/aromatic N) is 6. The van der Waals surface area contributed by atoms with Gasteiger partial charge in [-0.25, -0.2) is 0 Å². The van der Waals surface area contributed by atoms with E-state index in [1.54, 1.807) is 10.6 Å². The Labute approximate surface area is 229 Å². The maximum absolute atomic E-state index is 13.3. The molecule has 2 aliphatic rings. The molecule has 1 aromatic heterocycles. The number of aromatic nitrogens is 3. The predicted octanol–water partition coefficient (Wildman–Crippen LogP) is 3.05. The third kappa shape index (κ3) is 5.86. The minimum absolute atomic E-state index is 0.0220. The molecule has 2 aliphatic heterocycles. The molecule has 2 fully saturated rings. The number of hydrogen-bond acceptors (Lipinski definition) is 8. The van der Waals surface area contributed by atoms with Crippen LogP contribution in [-0.4, -0.2) is 100 Å². The molecule has 3 N–H and O–H groups in total. The number of benzene rings is 2. The number of piperazine rings is 1. The van der Waals surface area contributed by atoms with Crippen molar-refractivity contribution in [3.63, 3.8) is 0 Å². The molecule has 0 spiro atoms. The van der Waals surface area contributed by atoms with Crippen LogP contribution in [0.4, 0.5) is 5.69 Å². The van der Waals surface area contributed by atoms with Gasteiger partial charge >= 0.3 is 0 Å². The number of likely N-dealkylation sites (tertiary alicyclic amines) is 1. The zero-order chi connectivity index (χ0) is 27.5. The van der Waals surface area contributed by atoms with Gasteiger partial charge in [-0.05, 0) is 74.8 Å². The lowest BCUT2D eigenvalue weighted by atomic mass is 9.98. The van der Waals surface area contributed by atoms with Gasteiger partial charge in [0.15, 0.2) is 5.82 Å². The first kappa shape index (κ1) is 27.0. The Morgan fingerprint density at radius 1 is 0.923 bits per heavy atom. The zero-order valence-electron chi connectivity index (χ0n) is 23.1. The number of nitrogens with one attached hydrogen (secondary N) is 1. The van der Waals surface area contributed by atoms with Gasteiger partial charge in [-0.2, -0.15) is 0 Å². The summed E-state index contributed by atoms with van der Waals surface area (Å²) in [7, 11) is 2.13. The van der Waals surface area contributed by atoms with Gasteiger partial charge in [0, 0.05) is 56.7 Å². The van der Waals surface area contributed by atoms with Crippen molar-refractivity contribution in [3.8, 4) is 28.6 Å². The Balaban J connectivity index is 1.49. The number of hydrogen-bond donors (Lipinski definition) is 3. The number of likely N-dealkylation sites (N-methyl/N-ethyl adjacent to an activating group) is 1. The third-order valence-corrected chi connectivity index (χ3v) is 7.76. The molecule has 0 bridgehead atoms. The van der Waals surface area contributed by atoms with Gasteiger partial charge in [0.1, 0.15) is 11.5 Å². The van der Waals surface area contributed by atoms with Gasteiger partial charge in [0.05, 0.1) is 5.56 Å². The van der Waals surface area contributed by atoms with E-state index in [1.807, 2.05) is 26.0 Å². The van der Waals surface area contributed by atoms with Gasteiger partial charge < -0.3 is 30.2 Å². The summed E-state index contributed by atoms with van der Waals surface area (Å²) in [5.74, 6) is 0.0912. The molecular formula is C29H39N7O3. The molecule has 2 aromatic carbocycles. The fourth-order valence-corrected chi connectivity index (χ4v) is 5.38.